The Morgan fingerprint density at radius 2 is 2.11 bits per heavy atom. The first-order valence-corrected chi connectivity index (χ1v) is 6.24. The first-order chi connectivity index (χ1) is 8.49. The van der Waals surface area contributed by atoms with Gasteiger partial charge in [-0.05, 0) is 26.9 Å². The molecule has 2 atom stereocenters. The van der Waals surface area contributed by atoms with Gasteiger partial charge in [-0.3, -0.25) is 4.79 Å². The van der Waals surface area contributed by atoms with Crippen LogP contribution in [0.5, 0.6) is 0 Å². The van der Waals surface area contributed by atoms with E-state index in [1.54, 1.807) is 0 Å². The van der Waals surface area contributed by atoms with Gasteiger partial charge in [0.1, 0.15) is 6.10 Å². The largest absolute Gasteiger partial charge is 0.351 e. The molecular weight excluding hydrogens is 238 g/mol. The fraction of sp³-hybridized carbons (Fsp3) is 0.909. The molecule has 0 spiro atoms. The third kappa shape index (κ3) is 5.31. The van der Waals surface area contributed by atoms with E-state index in [0.717, 1.165) is 19.3 Å². The molecule has 0 aliphatic heterocycles. The summed E-state index contributed by atoms with van der Waals surface area (Å²) in [6.45, 7) is 0.666. The molecule has 1 amide bonds. The molecule has 0 saturated heterocycles. The molecule has 0 heterocycles. The van der Waals surface area contributed by atoms with Gasteiger partial charge in [0.15, 0.2) is 0 Å². The smallest absolute Gasteiger partial charge is 0.294 e. The number of carbonyl (C=O) groups excluding carboxylic acids is 1. The predicted octanol–water partition coefficient (Wildman–Crippen LogP) is 0.574. The predicted molar refractivity (Wildman–Crippen MR) is 65.4 cm³/mol. The quantitative estimate of drug-likeness (QED) is 0.557. The first kappa shape index (κ1) is 14.7. The molecule has 2 unspecified atom stereocenters. The van der Waals surface area contributed by atoms with E-state index >= 15 is 0 Å². The Hall–Kier alpha value is -1.37. The van der Waals surface area contributed by atoms with Gasteiger partial charge in [-0.1, -0.05) is 12.8 Å². The Bertz CT molecular complexity index is 296. The molecule has 104 valence electrons. The third-order valence-corrected chi connectivity index (χ3v) is 3.06. The van der Waals surface area contributed by atoms with Crippen molar-refractivity contribution in [3.63, 3.8) is 0 Å². The summed E-state index contributed by atoms with van der Waals surface area (Å²) >= 11 is 0. The molecule has 1 N–H and O–H groups in total. The van der Waals surface area contributed by atoms with E-state index in [2.05, 4.69) is 10.2 Å². The van der Waals surface area contributed by atoms with E-state index in [-0.39, 0.29) is 11.9 Å². The molecule has 7 nitrogen and oxygen atoms in total. The van der Waals surface area contributed by atoms with Gasteiger partial charge in [0.25, 0.3) is 5.09 Å². The molecule has 1 aliphatic carbocycles. The molecule has 0 radical (unpaired) electrons. The van der Waals surface area contributed by atoms with E-state index in [9.17, 15) is 14.9 Å². The molecule has 0 aromatic heterocycles. The van der Waals surface area contributed by atoms with Gasteiger partial charge in [-0.2, -0.15) is 0 Å². The van der Waals surface area contributed by atoms with E-state index in [1.165, 1.54) is 0 Å². The average molecular weight is 259 g/mol. The average Bonchev–Trinajstić information content (AvgIpc) is 2.28. The van der Waals surface area contributed by atoms with Crippen molar-refractivity contribution in [3.8, 4) is 0 Å². The standard InChI is InChI=1S/C11H21N3O4/c1-13(2)8-7-11(15)12-9-5-3-4-6-10(9)18-14(16)17/h9-10H,3-8H2,1-2H3,(H,12,15). The second-order valence-electron chi connectivity index (χ2n) is 4.88. The summed E-state index contributed by atoms with van der Waals surface area (Å²) in [4.78, 5) is 28.6. The minimum atomic E-state index is -0.769. The van der Waals surface area contributed by atoms with Crippen molar-refractivity contribution in [3.05, 3.63) is 10.1 Å². The monoisotopic (exact) mass is 259 g/mol. The van der Waals surface area contributed by atoms with Crippen molar-refractivity contribution in [1.29, 1.82) is 0 Å². The fourth-order valence-electron chi connectivity index (χ4n) is 2.10. The molecule has 1 rings (SSSR count). The number of amides is 1. The number of rotatable bonds is 6. The molecule has 18 heavy (non-hydrogen) atoms. The summed E-state index contributed by atoms with van der Waals surface area (Å²) in [5, 5.41) is 12.4. The van der Waals surface area contributed by atoms with Crippen molar-refractivity contribution in [1.82, 2.24) is 10.2 Å². The van der Waals surface area contributed by atoms with E-state index in [1.807, 2.05) is 19.0 Å². The summed E-state index contributed by atoms with van der Waals surface area (Å²) in [5.74, 6) is -0.0763. The van der Waals surface area contributed by atoms with E-state index in [4.69, 9.17) is 0 Å². The van der Waals surface area contributed by atoms with Crippen LogP contribution in [0.1, 0.15) is 32.1 Å². The topological polar surface area (TPSA) is 84.7 Å². The Morgan fingerprint density at radius 3 is 2.72 bits per heavy atom. The summed E-state index contributed by atoms with van der Waals surface area (Å²) in [6.07, 6.45) is 3.14. The SMILES string of the molecule is CN(C)CCC(=O)NC1CCCCC1O[N+](=O)[O-]. The van der Waals surface area contributed by atoms with Gasteiger partial charge >= 0.3 is 0 Å². The van der Waals surface area contributed by atoms with Crippen molar-refractivity contribution < 1.29 is 14.7 Å². The molecule has 0 aromatic carbocycles. The molecule has 0 bridgehead atoms. The van der Waals surface area contributed by atoms with Crippen LogP contribution in [-0.4, -0.2) is 48.7 Å². The molecule has 0 aromatic rings. The highest BCUT2D eigenvalue weighted by molar-refractivity contribution is 5.76. The second-order valence-corrected chi connectivity index (χ2v) is 4.88. The van der Waals surface area contributed by atoms with E-state index < -0.39 is 11.2 Å². The van der Waals surface area contributed by atoms with Crippen LogP contribution in [0.15, 0.2) is 0 Å². The molecular formula is C11H21N3O4. The lowest BCUT2D eigenvalue weighted by atomic mass is 9.92. The number of hydrogen-bond donors (Lipinski definition) is 1. The highest BCUT2D eigenvalue weighted by Gasteiger charge is 2.29. The normalized spacial score (nSPS) is 23.7. The summed E-state index contributed by atoms with van der Waals surface area (Å²) in [5.41, 5.74) is 0. The van der Waals surface area contributed by atoms with Crippen LogP contribution in [0, 0.1) is 10.1 Å². The van der Waals surface area contributed by atoms with Crippen molar-refractivity contribution in [2.24, 2.45) is 0 Å². The highest BCUT2D eigenvalue weighted by atomic mass is 17.0. The zero-order valence-electron chi connectivity index (χ0n) is 10.9. The van der Waals surface area contributed by atoms with Crippen LogP contribution >= 0.6 is 0 Å². The molecule has 7 heteroatoms. The first-order valence-electron chi connectivity index (χ1n) is 6.24. The minimum Gasteiger partial charge on any atom is -0.351 e. The third-order valence-electron chi connectivity index (χ3n) is 3.06. The maximum Gasteiger partial charge on any atom is 0.294 e. The summed E-state index contributed by atoms with van der Waals surface area (Å²) < 4.78 is 0. The van der Waals surface area contributed by atoms with Crippen LogP contribution < -0.4 is 5.32 Å². The van der Waals surface area contributed by atoms with Crippen LogP contribution in [0.4, 0.5) is 0 Å². The number of nitrogens with one attached hydrogen (secondary N) is 1. The number of hydrogen-bond acceptors (Lipinski definition) is 5. The van der Waals surface area contributed by atoms with Crippen LogP contribution in [-0.2, 0) is 9.63 Å². The lowest BCUT2D eigenvalue weighted by Crippen LogP contribution is -2.47. The van der Waals surface area contributed by atoms with Crippen molar-refractivity contribution in [2.45, 2.75) is 44.2 Å². The van der Waals surface area contributed by atoms with Gasteiger partial charge < -0.3 is 15.1 Å². The molecule has 1 fully saturated rings. The maximum absolute atomic E-state index is 11.7. The minimum absolute atomic E-state index is 0.0763. The lowest BCUT2D eigenvalue weighted by molar-refractivity contribution is -0.770. The summed E-state index contributed by atoms with van der Waals surface area (Å²) in [7, 11) is 3.79. The Labute approximate surface area is 107 Å². The zero-order valence-corrected chi connectivity index (χ0v) is 10.9. The van der Waals surface area contributed by atoms with Crippen LogP contribution in [0.25, 0.3) is 0 Å². The summed E-state index contributed by atoms with van der Waals surface area (Å²) in [6, 6.07) is -0.237. The highest BCUT2D eigenvalue weighted by Crippen LogP contribution is 2.21. The number of nitrogens with zero attached hydrogens (tertiary/aromatic N) is 2. The Kier molecular flexibility index (Phi) is 5.84. The Balaban J connectivity index is 2.41. The Morgan fingerprint density at radius 1 is 1.44 bits per heavy atom. The van der Waals surface area contributed by atoms with E-state index in [0.29, 0.717) is 19.4 Å². The number of carbonyl (C=O) groups is 1. The van der Waals surface area contributed by atoms with Crippen LogP contribution in [0.2, 0.25) is 0 Å². The van der Waals surface area contributed by atoms with Crippen LogP contribution in [0.3, 0.4) is 0 Å². The maximum atomic E-state index is 11.7. The molecule has 1 aliphatic rings. The lowest BCUT2D eigenvalue weighted by Gasteiger charge is -2.30. The van der Waals surface area contributed by atoms with Crippen molar-refractivity contribution >= 4 is 5.91 Å². The van der Waals surface area contributed by atoms with Gasteiger partial charge in [0.05, 0.1) is 6.04 Å². The van der Waals surface area contributed by atoms with Gasteiger partial charge in [-0.15, -0.1) is 10.1 Å². The van der Waals surface area contributed by atoms with Gasteiger partial charge in [-0.25, -0.2) is 0 Å². The fourth-order valence-corrected chi connectivity index (χ4v) is 2.10. The van der Waals surface area contributed by atoms with Crippen molar-refractivity contribution in [2.75, 3.05) is 20.6 Å². The second kappa shape index (κ2) is 7.15. The molecule has 1 saturated carbocycles. The van der Waals surface area contributed by atoms with Gasteiger partial charge in [0.2, 0.25) is 5.91 Å². The van der Waals surface area contributed by atoms with Gasteiger partial charge in [0, 0.05) is 13.0 Å². The zero-order chi connectivity index (χ0) is 13.5.